The smallest absolute Gasteiger partial charge is 0.366 e. The molecule has 0 unspecified atom stereocenters. The number of benzene rings is 1. The van der Waals surface area contributed by atoms with Crippen molar-refractivity contribution in [1.29, 1.82) is 5.26 Å². The Morgan fingerprint density at radius 3 is 1.95 bits per heavy atom. The average Bonchev–Trinajstić information content (AvgIpc) is 2.24. The number of nitrogens with two attached hydrogens (primary N) is 1. The van der Waals surface area contributed by atoms with Crippen LogP contribution in [0.4, 0.5) is 26.3 Å². The molecule has 9 heteroatoms. The second kappa shape index (κ2) is 4.46. The van der Waals surface area contributed by atoms with Gasteiger partial charge in [-0.25, -0.2) is 0 Å². The number of nitrogens with zero attached hydrogens (tertiary/aromatic N) is 1. The van der Waals surface area contributed by atoms with Crippen molar-refractivity contribution >= 4 is 5.91 Å². The van der Waals surface area contributed by atoms with Crippen molar-refractivity contribution in [1.82, 2.24) is 0 Å². The fourth-order valence-electron chi connectivity index (χ4n) is 1.48. The van der Waals surface area contributed by atoms with Gasteiger partial charge in [0.2, 0.25) is 5.91 Å². The van der Waals surface area contributed by atoms with Gasteiger partial charge in [-0.15, -0.1) is 0 Å². The molecule has 0 saturated carbocycles. The van der Waals surface area contributed by atoms with Crippen LogP contribution in [0, 0.1) is 11.3 Å². The maximum atomic E-state index is 12.7. The molecule has 0 aliphatic heterocycles. The molecule has 0 fully saturated rings. The minimum atomic E-state index is -5.31. The van der Waals surface area contributed by atoms with Crippen LogP contribution in [0.1, 0.15) is 27.0 Å². The third-order valence-corrected chi connectivity index (χ3v) is 2.16. The molecule has 0 bridgehead atoms. The zero-order chi connectivity index (χ0) is 15.0. The van der Waals surface area contributed by atoms with E-state index in [-0.39, 0.29) is 6.07 Å². The molecule has 102 valence electrons. The van der Waals surface area contributed by atoms with E-state index in [0.29, 0.717) is 6.07 Å². The summed E-state index contributed by atoms with van der Waals surface area (Å²) in [5.41, 5.74) is -2.07. The first kappa shape index (κ1) is 14.8. The van der Waals surface area contributed by atoms with Gasteiger partial charge in [0, 0.05) is 0 Å². The number of hydrogen-bond donors (Lipinski definition) is 1. The van der Waals surface area contributed by atoms with Gasteiger partial charge in [0.15, 0.2) is 0 Å². The Morgan fingerprint density at radius 1 is 1.11 bits per heavy atom. The Kier molecular flexibility index (Phi) is 3.48. The summed E-state index contributed by atoms with van der Waals surface area (Å²) >= 11 is 0. The molecule has 3 nitrogen and oxygen atoms in total. The van der Waals surface area contributed by atoms with Crippen LogP contribution in [0.15, 0.2) is 12.1 Å². The Balaban J connectivity index is 3.86. The third-order valence-electron chi connectivity index (χ3n) is 2.16. The highest BCUT2D eigenvalue weighted by Gasteiger charge is 2.44. The molecule has 0 aliphatic carbocycles. The first-order chi connectivity index (χ1) is 8.50. The van der Waals surface area contributed by atoms with Gasteiger partial charge in [-0.1, -0.05) is 0 Å². The number of hydrogen-bond acceptors (Lipinski definition) is 2. The van der Waals surface area contributed by atoms with Gasteiger partial charge < -0.3 is 5.73 Å². The molecule has 1 aromatic carbocycles. The maximum absolute atomic E-state index is 12.7. The summed E-state index contributed by atoms with van der Waals surface area (Å²) < 4.78 is 75.8. The van der Waals surface area contributed by atoms with Gasteiger partial charge in [0.1, 0.15) is 0 Å². The lowest BCUT2D eigenvalue weighted by atomic mass is 9.95. The molecule has 0 spiro atoms. The molecule has 1 amide bonds. The quantitative estimate of drug-likeness (QED) is 0.805. The van der Waals surface area contributed by atoms with Crippen LogP contribution in [0.5, 0.6) is 0 Å². The first-order valence-electron chi connectivity index (χ1n) is 4.51. The van der Waals surface area contributed by atoms with Crippen molar-refractivity contribution in [2.75, 3.05) is 0 Å². The van der Waals surface area contributed by atoms with E-state index in [9.17, 15) is 31.1 Å². The fraction of sp³-hybridized carbons (Fsp3) is 0.200. The number of alkyl halides is 6. The second-order valence-corrected chi connectivity index (χ2v) is 3.38. The number of primary amides is 1. The Morgan fingerprint density at radius 2 is 1.63 bits per heavy atom. The van der Waals surface area contributed by atoms with Gasteiger partial charge in [-0.3, -0.25) is 4.79 Å². The molecule has 1 aromatic rings. The molecule has 0 saturated heterocycles. The van der Waals surface area contributed by atoms with Crippen LogP contribution in [0.25, 0.3) is 0 Å². The van der Waals surface area contributed by atoms with Crippen LogP contribution in [-0.4, -0.2) is 5.91 Å². The normalized spacial score (nSPS) is 12.1. The predicted molar refractivity (Wildman–Crippen MR) is 49.7 cm³/mol. The number of carbonyl (C=O) groups excluding carboxylic acids is 1. The predicted octanol–water partition coefficient (Wildman–Crippen LogP) is 2.69. The summed E-state index contributed by atoms with van der Waals surface area (Å²) in [6, 6.07) is 1.64. The SMILES string of the molecule is N#Cc1ccc(C(F)(F)F)c(C(N)=O)c1C(F)(F)F. The van der Waals surface area contributed by atoms with Crippen molar-refractivity contribution in [3.63, 3.8) is 0 Å². The van der Waals surface area contributed by atoms with Gasteiger partial charge in [0.05, 0.1) is 28.3 Å². The van der Waals surface area contributed by atoms with E-state index in [1.165, 1.54) is 0 Å². The topological polar surface area (TPSA) is 66.9 Å². The summed E-state index contributed by atoms with van der Waals surface area (Å²) in [4.78, 5) is 10.9. The largest absolute Gasteiger partial charge is 0.418 e. The summed E-state index contributed by atoms with van der Waals surface area (Å²) in [6.45, 7) is 0. The molecule has 0 aromatic heterocycles. The minimum absolute atomic E-state index is 0.216. The van der Waals surface area contributed by atoms with Gasteiger partial charge in [0.25, 0.3) is 0 Å². The zero-order valence-electron chi connectivity index (χ0n) is 8.86. The second-order valence-electron chi connectivity index (χ2n) is 3.38. The maximum Gasteiger partial charge on any atom is 0.418 e. The molecule has 1 rings (SSSR count). The lowest BCUT2D eigenvalue weighted by Crippen LogP contribution is -2.25. The Hall–Kier alpha value is -2.24. The van der Waals surface area contributed by atoms with Gasteiger partial charge >= 0.3 is 12.4 Å². The number of halogens is 6. The minimum Gasteiger partial charge on any atom is -0.366 e. The van der Waals surface area contributed by atoms with Gasteiger partial charge in [-0.05, 0) is 12.1 Å². The van der Waals surface area contributed by atoms with E-state index < -0.39 is 40.5 Å². The molecule has 0 heterocycles. The summed E-state index contributed by atoms with van der Waals surface area (Å²) in [6.07, 6.45) is -10.5. The first-order valence-corrected chi connectivity index (χ1v) is 4.51. The number of nitriles is 1. The van der Waals surface area contributed by atoms with E-state index >= 15 is 0 Å². The summed E-state index contributed by atoms with van der Waals surface area (Å²) in [7, 11) is 0. The highest BCUT2D eigenvalue weighted by Crippen LogP contribution is 2.40. The standard InChI is InChI=1S/C10H4F6N2O/c11-9(12,13)5-2-1-4(3-17)7(10(14,15)16)6(5)8(18)19/h1-2H,(H2,18,19). The number of rotatable bonds is 1. The highest BCUT2D eigenvalue weighted by molar-refractivity contribution is 5.97. The summed E-state index contributed by atoms with van der Waals surface area (Å²) in [5.74, 6) is -1.91. The zero-order valence-corrected chi connectivity index (χ0v) is 8.86. The van der Waals surface area contributed by atoms with Crippen LogP contribution in [-0.2, 0) is 12.4 Å². The van der Waals surface area contributed by atoms with Crippen LogP contribution < -0.4 is 5.73 Å². The van der Waals surface area contributed by atoms with E-state index in [0.717, 1.165) is 6.07 Å². The molecular formula is C10H4F6N2O. The molecular weight excluding hydrogens is 278 g/mol. The van der Waals surface area contributed by atoms with Crippen LogP contribution in [0.2, 0.25) is 0 Å². The van der Waals surface area contributed by atoms with Gasteiger partial charge in [-0.2, -0.15) is 31.6 Å². The van der Waals surface area contributed by atoms with E-state index in [1.807, 2.05) is 0 Å². The fourth-order valence-corrected chi connectivity index (χ4v) is 1.48. The third kappa shape index (κ3) is 2.78. The number of carbonyl (C=O) groups is 1. The lowest BCUT2D eigenvalue weighted by Gasteiger charge is -2.17. The Bertz CT molecular complexity index is 567. The van der Waals surface area contributed by atoms with Crippen molar-refractivity contribution in [3.05, 3.63) is 34.4 Å². The van der Waals surface area contributed by atoms with Crippen molar-refractivity contribution in [2.24, 2.45) is 5.73 Å². The van der Waals surface area contributed by atoms with E-state index in [2.05, 4.69) is 5.73 Å². The van der Waals surface area contributed by atoms with Crippen LogP contribution in [0.3, 0.4) is 0 Å². The van der Waals surface area contributed by atoms with E-state index in [1.54, 1.807) is 0 Å². The highest BCUT2D eigenvalue weighted by atomic mass is 19.4. The van der Waals surface area contributed by atoms with E-state index in [4.69, 9.17) is 5.26 Å². The van der Waals surface area contributed by atoms with Crippen molar-refractivity contribution < 1.29 is 31.1 Å². The lowest BCUT2D eigenvalue weighted by molar-refractivity contribution is -0.143. The monoisotopic (exact) mass is 282 g/mol. The Labute approximate surface area is 102 Å². The number of amides is 1. The molecule has 19 heavy (non-hydrogen) atoms. The average molecular weight is 282 g/mol. The van der Waals surface area contributed by atoms with Crippen molar-refractivity contribution in [2.45, 2.75) is 12.4 Å². The molecule has 0 radical (unpaired) electrons. The summed E-state index contributed by atoms with van der Waals surface area (Å²) in [5, 5.41) is 8.50. The van der Waals surface area contributed by atoms with Crippen molar-refractivity contribution in [3.8, 4) is 6.07 Å². The molecule has 0 aliphatic rings. The van der Waals surface area contributed by atoms with Crippen LogP contribution >= 0.6 is 0 Å². The molecule has 0 atom stereocenters. The molecule has 2 N–H and O–H groups in total.